The SMILES string of the molecule is CC1(NC(=O)[C@H]2CCN(C#N)C2)CN(c2cccc(F)c2)C=N1. The van der Waals surface area contributed by atoms with Gasteiger partial charge < -0.3 is 15.1 Å². The number of rotatable bonds is 3. The third-order valence-electron chi connectivity index (χ3n) is 4.19. The van der Waals surface area contributed by atoms with Gasteiger partial charge in [-0.2, -0.15) is 5.26 Å². The molecule has 0 aromatic heterocycles. The Kier molecular flexibility index (Phi) is 3.90. The number of benzene rings is 1. The molecule has 1 amide bonds. The highest BCUT2D eigenvalue weighted by molar-refractivity contribution is 5.85. The average molecular weight is 315 g/mol. The molecule has 7 heteroatoms. The summed E-state index contributed by atoms with van der Waals surface area (Å²) in [6.07, 6.45) is 4.36. The second kappa shape index (κ2) is 5.88. The molecule has 1 aromatic carbocycles. The molecule has 3 rings (SSSR count). The first-order chi connectivity index (χ1) is 11.0. The molecule has 2 aliphatic heterocycles. The van der Waals surface area contributed by atoms with E-state index in [0.717, 1.165) is 0 Å². The standard InChI is InChI=1S/C16H18FN5O/c1-16(20-15(23)12-5-6-21(8-12)10-18)9-22(11-19-16)14-4-2-3-13(17)7-14/h2-4,7,11-12H,5-6,8-9H2,1H3,(H,20,23)/t12-,16?/m0/s1. The average Bonchev–Trinajstić information content (AvgIpc) is 3.14. The van der Waals surface area contributed by atoms with E-state index < -0.39 is 5.66 Å². The number of amides is 1. The van der Waals surface area contributed by atoms with Gasteiger partial charge in [-0.05, 0) is 31.5 Å². The maximum Gasteiger partial charge on any atom is 0.226 e. The molecule has 120 valence electrons. The molecule has 0 spiro atoms. The molecule has 1 saturated heterocycles. The van der Waals surface area contributed by atoms with Gasteiger partial charge in [-0.25, -0.2) is 9.38 Å². The molecule has 1 aromatic rings. The molecule has 0 saturated carbocycles. The summed E-state index contributed by atoms with van der Waals surface area (Å²) in [5.74, 6) is -0.593. The number of nitrogens with zero attached hydrogens (tertiary/aromatic N) is 4. The molecule has 1 fully saturated rings. The molecule has 6 nitrogen and oxygen atoms in total. The maximum atomic E-state index is 13.3. The monoisotopic (exact) mass is 315 g/mol. The first kappa shape index (κ1) is 15.3. The van der Waals surface area contributed by atoms with Gasteiger partial charge in [0.2, 0.25) is 5.91 Å². The molecule has 1 N–H and O–H groups in total. The lowest BCUT2D eigenvalue weighted by Crippen LogP contribution is -2.50. The van der Waals surface area contributed by atoms with E-state index in [1.54, 1.807) is 28.3 Å². The number of hydrogen-bond donors (Lipinski definition) is 1. The van der Waals surface area contributed by atoms with Crippen molar-refractivity contribution in [3.63, 3.8) is 0 Å². The van der Waals surface area contributed by atoms with Crippen LogP contribution in [0.5, 0.6) is 0 Å². The van der Waals surface area contributed by atoms with Crippen molar-refractivity contribution in [2.45, 2.75) is 19.0 Å². The molecule has 23 heavy (non-hydrogen) atoms. The Balaban J connectivity index is 1.62. The lowest BCUT2D eigenvalue weighted by molar-refractivity contribution is -0.126. The van der Waals surface area contributed by atoms with Crippen LogP contribution in [0.25, 0.3) is 0 Å². The molecular formula is C16H18FN5O. The number of halogens is 1. The van der Waals surface area contributed by atoms with Crippen molar-refractivity contribution in [2.75, 3.05) is 24.5 Å². The molecule has 2 atom stereocenters. The van der Waals surface area contributed by atoms with Gasteiger partial charge in [-0.15, -0.1) is 0 Å². The normalized spacial score (nSPS) is 26.4. The number of hydrogen-bond acceptors (Lipinski definition) is 5. The van der Waals surface area contributed by atoms with Crippen LogP contribution in [0.4, 0.5) is 10.1 Å². The third-order valence-corrected chi connectivity index (χ3v) is 4.19. The second-order valence-corrected chi connectivity index (χ2v) is 6.15. The van der Waals surface area contributed by atoms with Crippen molar-refractivity contribution >= 4 is 17.9 Å². The summed E-state index contributed by atoms with van der Waals surface area (Å²) >= 11 is 0. The minimum atomic E-state index is -0.747. The topological polar surface area (TPSA) is 71.7 Å². The second-order valence-electron chi connectivity index (χ2n) is 6.15. The summed E-state index contributed by atoms with van der Waals surface area (Å²) in [7, 11) is 0. The Morgan fingerprint density at radius 1 is 1.57 bits per heavy atom. The van der Waals surface area contributed by atoms with E-state index in [1.807, 2.05) is 6.92 Å². The van der Waals surface area contributed by atoms with Gasteiger partial charge in [0.25, 0.3) is 0 Å². The third kappa shape index (κ3) is 3.26. The Morgan fingerprint density at radius 3 is 3.09 bits per heavy atom. The highest BCUT2D eigenvalue weighted by Gasteiger charge is 2.36. The van der Waals surface area contributed by atoms with Crippen LogP contribution in [0, 0.1) is 23.2 Å². The molecule has 0 bridgehead atoms. The highest BCUT2D eigenvalue weighted by atomic mass is 19.1. The van der Waals surface area contributed by atoms with E-state index in [0.29, 0.717) is 31.7 Å². The number of carbonyl (C=O) groups excluding carboxylic acids is 1. The Labute approximate surface area is 134 Å². The van der Waals surface area contributed by atoms with E-state index in [2.05, 4.69) is 16.5 Å². The first-order valence-electron chi connectivity index (χ1n) is 7.53. The van der Waals surface area contributed by atoms with Gasteiger partial charge in [-0.1, -0.05) is 6.07 Å². The van der Waals surface area contributed by atoms with Crippen LogP contribution in [-0.4, -0.2) is 42.4 Å². The number of nitriles is 1. The van der Waals surface area contributed by atoms with Gasteiger partial charge in [0, 0.05) is 18.8 Å². The van der Waals surface area contributed by atoms with Crippen molar-refractivity contribution in [3.8, 4) is 6.19 Å². The zero-order valence-electron chi connectivity index (χ0n) is 12.9. The number of likely N-dealkylation sites (tertiary alicyclic amines) is 1. The summed E-state index contributed by atoms with van der Waals surface area (Å²) in [6, 6.07) is 6.26. The number of carbonyl (C=O) groups is 1. The van der Waals surface area contributed by atoms with Gasteiger partial charge in [0.1, 0.15) is 11.5 Å². The minimum absolute atomic E-state index is 0.0940. The molecule has 2 aliphatic rings. The van der Waals surface area contributed by atoms with Crippen LogP contribution in [0.1, 0.15) is 13.3 Å². The molecule has 1 unspecified atom stereocenters. The zero-order valence-corrected chi connectivity index (χ0v) is 12.9. The number of aliphatic imine (C=N–C) groups is 1. The van der Waals surface area contributed by atoms with Crippen LogP contribution in [0.15, 0.2) is 29.3 Å². The Morgan fingerprint density at radius 2 is 2.39 bits per heavy atom. The van der Waals surface area contributed by atoms with Gasteiger partial charge in [0.15, 0.2) is 6.19 Å². The van der Waals surface area contributed by atoms with Crippen molar-refractivity contribution < 1.29 is 9.18 Å². The predicted octanol–water partition coefficient (Wildman–Crippen LogP) is 1.31. The zero-order chi connectivity index (χ0) is 16.4. The maximum absolute atomic E-state index is 13.3. The fourth-order valence-corrected chi connectivity index (χ4v) is 2.93. The van der Waals surface area contributed by atoms with Crippen LogP contribution < -0.4 is 10.2 Å². The summed E-state index contributed by atoms with van der Waals surface area (Å²) in [6.45, 7) is 3.34. The van der Waals surface area contributed by atoms with Gasteiger partial charge >= 0.3 is 0 Å². The largest absolute Gasteiger partial charge is 0.330 e. The molecule has 0 aliphatic carbocycles. The van der Waals surface area contributed by atoms with Crippen LogP contribution in [0.2, 0.25) is 0 Å². The van der Waals surface area contributed by atoms with Crippen molar-refractivity contribution in [2.24, 2.45) is 10.9 Å². The van der Waals surface area contributed by atoms with Crippen molar-refractivity contribution in [3.05, 3.63) is 30.1 Å². The minimum Gasteiger partial charge on any atom is -0.330 e. The summed E-state index contributed by atoms with van der Waals surface area (Å²) < 4.78 is 13.3. The molecule has 2 heterocycles. The Bertz CT molecular complexity index is 685. The van der Waals surface area contributed by atoms with Crippen LogP contribution in [-0.2, 0) is 4.79 Å². The Hall–Kier alpha value is -2.62. The summed E-state index contributed by atoms with van der Waals surface area (Å²) in [5.41, 5.74) is -0.0491. The van der Waals surface area contributed by atoms with Crippen LogP contribution in [0.3, 0.4) is 0 Å². The fraction of sp³-hybridized carbons (Fsp3) is 0.438. The van der Waals surface area contributed by atoms with E-state index >= 15 is 0 Å². The molecular weight excluding hydrogens is 297 g/mol. The van der Waals surface area contributed by atoms with Gasteiger partial charge in [0.05, 0.1) is 18.8 Å². The lowest BCUT2D eigenvalue weighted by Gasteiger charge is -2.26. The summed E-state index contributed by atoms with van der Waals surface area (Å²) in [5, 5.41) is 11.8. The van der Waals surface area contributed by atoms with Crippen LogP contribution >= 0.6 is 0 Å². The van der Waals surface area contributed by atoms with Crippen molar-refractivity contribution in [1.29, 1.82) is 5.26 Å². The summed E-state index contributed by atoms with van der Waals surface area (Å²) in [4.78, 5) is 20.1. The lowest BCUT2D eigenvalue weighted by atomic mass is 10.1. The van der Waals surface area contributed by atoms with E-state index in [4.69, 9.17) is 5.26 Å². The molecule has 0 radical (unpaired) electrons. The number of anilines is 1. The van der Waals surface area contributed by atoms with Crippen molar-refractivity contribution in [1.82, 2.24) is 10.2 Å². The quantitative estimate of drug-likeness (QED) is 0.854. The smallest absolute Gasteiger partial charge is 0.226 e. The van der Waals surface area contributed by atoms with E-state index in [9.17, 15) is 9.18 Å². The fourth-order valence-electron chi connectivity index (χ4n) is 2.93. The number of nitrogens with one attached hydrogen (secondary N) is 1. The van der Waals surface area contributed by atoms with E-state index in [-0.39, 0.29) is 17.6 Å². The highest BCUT2D eigenvalue weighted by Crippen LogP contribution is 2.24. The van der Waals surface area contributed by atoms with Gasteiger partial charge in [-0.3, -0.25) is 4.79 Å². The first-order valence-corrected chi connectivity index (χ1v) is 7.53. The predicted molar refractivity (Wildman–Crippen MR) is 84.1 cm³/mol. The van der Waals surface area contributed by atoms with E-state index in [1.165, 1.54) is 12.1 Å².